The van der Waals surface area contributed by atoms with E-state index in [4.69, 9.17) is 5.26 Å². The van der Waals surface area contributed by atoms with Gasteiger partial charge in [0.25, 0.3) is 0 Å². The summed E-state index contributed by atoms with van der Waals surface area (Å²) in [6.45, 7) is 2.80. The van der Waals surface area contributed by atoms with Crippen LogP contribution in [0.4, 0.5) is 0 Å². The smallest absolute Gasteiger partial charge is 0.102 e. The van der Waals surface area contributed by atoms with Gasteiger partial charge in [-0.1, -0.05) is 0 Å². The van der Waals surface area contributed by atoms with E-state index in [1.54, 1.807) is 6.20 Å². The van der Waals surface area contributed by atoms with Crippen LogP contribution in [0.15, 0.2) is 24.9 Å². The van der Waals surface area contributed by atoms with Gasteiger partial charge in [-0.15, -0.1) is 0 Å². The van der Waals surface area contributed by atoms with Crippen molar-refractivity contribution >= 4 is 0 Å². The van der Waals surface area contributed by atoms with Gasteiger partial charge in [0.05, 0.1) is 29.8 Å². The van der Waals surface area contributed by atoms with Crippen molar-refractivity contribution < 1.29 is 0 Å². The maximum Gasteiger partial charge on any atom is 0.102 e. The van der Waals surface area contributed by atoms with Crippen molar-refractivity contribution in [2.75, 3.05) is 13.1 Å². The van der Waals surface area contributed by atoms with E-state index in [0.29, 0.717) is 11.6 Å². The van der Waals surface area contributed by atoms with Crippen LogP contribution in [0.25, 0.3) is 0 Å². The van der Waals surface area contributed by atoms with E-state index in [9.17, 15) is 0 Å². The second-order valence-electron chi connectivity index (χ2n) is 4.70. The summed E-state index contributed by atoms with van der Waals surface area (Å²) in [7, 11) is 1.97. The Bertz CT molecular complexity index is 584. The SMILES string of the molecule is Cn1cnc(CN2CC(n3cc(C#N)cn3)C2)c1. The highest BCUT2D eigenvalue weighted by Gasteiger charge is 2.29. The third-order valence-electron chi connectivity index (χ3n) is 3.19. The quantitative estimate of drug-likeness (QED) is 0.788. The molecule has 0 radical (unpaired) electrons. The predicted octanol–water partition coefficient (Wildman–Crippen LogP) is 0.545. The molecule has 1 fully saturated rings. The van der Waals surface area contributed by atoms with Crippen LogP contribution in [-0.4, -0.2) is 37.3 Å². The Morgan fingerprint density at radius 2 is 2.28 bits per heavy atom. The van der Waals surface area contributed by atoms with Crippen molar-refractivity contribution in [1.29, 1.82) is 5.26 Å². The molecule has 2 aromatic rings. The molecule has 3 heterocycles. The third kappa shape index (κ3) is 2.00. The zero-order chi connectivity index (χ0) is 12.5. The van der Waals surface area contributed by atoms with E-state index in [0.717, 1.165) is 25.3 Å². The average Bonchev–Trinajstić information content (AvgIpc) is 2.91. The molecule has 0 N–H and O–H groups in total. The lowest BCUT2D eigenvalue weighted by Gasteiger charge is -2.38. The minimum Gasteiger partial charge on any atom is -0.340 e. The van der Waals surface area contributed by atoms with E-state index in [2.05, 4.69) is 21.1 Å². The molecule has 6 nitrogen and oxygen atoms in total. The molecule has 92 valence electrons. The molecular weight excluding hydrogens is 228 g/mol. The molecule has 0 spiro atoms. The molecular formula is C12H14N6. The van der Waals surface area contributed by atoms with Gasteiger partial charge in [-0.05, 0) is 0 Å². The lowest BCUT2D eigenvalue weighted by atomic mass is 10.1. The fourth-order valence-electron chi connectivity index (χ4n) is 2.21. The Hall–Kier alpha value is -2.13. The van der Waals surface area contributed by atoms with Crippen molar-refractivity contribution in [2.45, 2.75) is 12.6 Å². The number of nitrogens with zero attached hydrogens (tertiary/aromatic N) is 6. The first kappa shape index (κ1) is 11.0. The van der Waals surface area contributed by atoms with Gasteiger partial charge in [-0.3, -0.25) is 9.58 Å². The van der Waals surface area contributed by atoms with Gasteiger partial charge in [-0.2, -0.15) is 10.4 Å². The number of hydrogen-bond acceptors (Lipinski definition) is 4. The van der Waals surface area contributed by atoms with Crippen molar-refractivity contribution in [3.63, 3.8) is 0 Å². The van der Waals surface area contributed by atoms with E-state index in [1.165, 1.54) is 0 Å². The number of likely N-dealkylation sites (tertiary alicyclic amines) is 1. The Morgan fingerprint density at radius 3 is 2.89 bits per heavy atom. The number of aromatic nitrogens is 4. The first-order chi connectivity index (χ1) is 8.74. The van der Waals surface area contributed by atoms with Crippen LogP contribution < -0.4 is 0 Å². The highest BCUT2D eigenvalue weighted by atomic mass is 15.4. The highest BCUT2D eigenvalue weighted by Crippen LogP contribution is 2.22. The third-order valence-corrected chi connectivity index (χ3v) is 3.19. The normalized spacial score (nSPS) is 16.4. The van der Waals surface area contributed by atoms with Crippen molar-refractivity contribution in [2.24, 2.45) is 7.05 Å². The number of rotatable bonds is 3. The first-order valence-electron chi connectivity index (χ1n) is 5.88. The number of imidazole rings is 1. The Labute approximate surface area is 105 Å². The molecule has 2 aromatic heterocycles. The molecule has 0 unspecified atom stereocenters. The number of nitriles is 1. The topological polar surface area (TPSA) is 62.7 Å². The number of aryl methyl sites for hydroxylation is 1. The molecule has 0 atom stereocenters. The summed E-state index contributed by atoms with van der Waals surface area (Å²) in [6.07, 6.45) is 7.28. The Kier molecular flexibility index (Phi) is 2.61. The standard InChI is InChI=1S/C12H14N6/c1-16-5-11(14-9-16)6-17-7-12(8-17)18-4-10(2-13)3-15-18/h3-5,9,12H,6-8H2,1H3. The van der Waals surface area contributed by atoms with Crippen molar-refractivity contribution in [3.8, 4) is 6.07 Å². The molecule has 1 aliphatic heterocycles. The summed E-state index contributed by atoms with van der Waals surface area (Å²) < 4.78 is 3.84. The average molecular weight is 242 g/mol. The molecule has 0 amide bonds. The van der Waals surface area contributed by atoms with Gasteiger partial charge in [0.2, 0.25) is 0 Å². The van der Waals surface area contributed by atoms with E-state index in [-0.39, 0.29) is 0 Å². The Morgan fingerprint density at radius 1 is 1.44 bits per heavy atom. The summed E-state index contributed by atoms with van der Waals surface area (Å²) in [5.41, 5.74) is 1.72. The molecule has 1 saturated heterocycles. The lowest BCUT2D eigenvalue weighted by molar-refractivity contribution is 0.0896. The van der Waals surface area contributed by atoms with E-state index in [1.807, 2.05) is 35.0 Å². The van der Waals surface area contributed by atoms with Crippen LogP contribution in [0.1, 0.15) is 17.3 Å². The molecule has 0 aromatic carbocycles. The van der Waals surface area contributed by atoms with Crippen molar-refractivity contribution in [3.05, 3.63) is 36.2 Å². The molecule has 0 bridgehead atoms. The second-order valence-corrected chi connectivity index (χ2v) is 4.70. The maximum atomic E-state index is 8.75. The monoisotopic (exact) mass is 242 g/mol. The van der Waals surface area contributed by atoms with Crippen LogP contribution in [0.3, 0.4) is 0 Å². The molecule has 0 aliphatic carbocycles. The van der Waals surface area contributed by atoms with E-state index < -0.39 is 0 Å². The summed E-state index contributed by atoms with van der Waals surface area (Å²) in [5.74, 6) is 0. The second kappa shape index (κ2) is 4.27. The molecule has 0 saturated carbocycles. The van der Waals surface area contributed by atoms with Gasteiger partial charge < -0.3 is 4.57 Å². The predicted molar refractivity (Wildman–Crippen MR) is 64.5 cm³/mol. The fourth-order valence-corrected chi connectivity index (χ4v) is 2.21. The van der Waals surface area contributed by atoms with E-state index >= 15 is 0 Å². The summed E-state index contributed by atoms with van der Waals surface area (Å²) in [5, 5.41) is 13.0. The molecule has 6 heteroatoms. The fraction of sp³-hybridized carbons (Fsp3) is 0.417. The van der Waals surface area contributed by atoms with Gasteiger partial charge >= 0.3 is 0 Å². The van der Waals surface area contributed by atoms with Crippen LogP contribution in [0.5, 0.6) is 0 Å². The lowest BCUT2D eigenvalue weighted by Crippen LogP contribution is -2.47. The zero-order valence-electron chi connectivity index (χ0n) is 10.2. The largest absolute Gasteiger partial charge is 0.340 e. The summed E-state index contributed by atoms with van der Waals surface area (Å²) >= 11 is 0. The first-order valence-corrected chi connectivity index (χ1v) is 5.88. The minimum absolute atomic E-state index is 0.385. The number of hydrogen-bond donors (Lipinski definition) is 0. The minimum atomic E-state index is 0.385. The highest BCUT2D eigenvalue weighted by molar-refractivity contribution is 5.22. The van der Waals surface area contributed by atoms with Crippen LogP contribution in [0, 0.1) is 11.3 Å². The summed E-state index contributed by atoms with van der Waals surface area (Å²) in [6, 6.07) is 2.48. The maximum absolute atomic E-state index is 8.75. The van der Waals surface area contributed by atoms with Gasteiger partial charge in [-0.25, -0.2) is 4.98 Å². The van der Waals surface area contributed by atoms with Crippen LogP contribution in [-0.2, 0) is 13.6 Å². The van der Waals surface area contributed by atoms with Crippen LogP contribution in [0.2, 0.25) is 0 Å². The Balaban J connectivity index is 1.55. The molecule has 3 rings (SSSR count). The molecule has 18 heavy (non-hydrogen) atoms. The molecule has 1 aliphatic rings. The van der Waals surface area contributed by atoms with Crippen LogP contribution >= 0.6 is 0 Å². The summed E-state index contributed by atoms with van der Waals surface area (Å²) in [4.78, 5) is 6.63. The van der Waals surface area contributed by atoms with Gasteiger partial charge in [0.15, 0.2) is 0 Å². The van der Waals surface area contributed by atoms with Gasteiger partial charge in [0, 0.05) is 39.1 Å². The van der Waals surface area contributed by atoms with Gasteiger partial charge in [0.1, 0.15) is 6.07 Å². The van der Waals surface area contributed by atoms with Crippen molar-refractivity contribution in [1.82, 2.24) is 24.2 Å². The zero-order valence-corrected chi connectivity index (χ0v) is 10.2.